The standard InChI is InChI=1S/C27H30N2O6/c1-3-33-25-19-21(9-12-24(25)35-18-17-34-23-7-5-4-6-8-23)10-13-26(30)28-22-11-14-27(31)29(20-22)15-16-32-2/h4-14,19-20H,3,15-18H2,1-2H3,(H,28,30)/b13-10+. The van der Waals surface area contributed by atoms with Crippen LogP contribution in [0.5, 0.6) is 17.2 Å². The Kier molecular flexibility index (Phi) is 9.95. The quantitative estimate of drug-likeness (QED) is 0.295. The third-order valence-corrected chi connectivity index (χ3v) is 4.83. The summed E-state index contributed by atoms with van der Waals surface area (Å²) in [6, 6.07) is 18.0. The average molecular weight is 479 g/mol. The van der Waals surface area contributed by atoms with Crippen molar-refractivity contribution >= 4 is 17.7 Å². The highest BCUT2D eigenvalue weighted by molar-refractivity contribution is 6.01. The van der Waals surface area contributed by atoms with Gasteiger partial charge in [-0.1, -0.05) is 24.3 Å². The first-order valence-electron chi connectivity index (χ1n) is 11.3. The molecule has 0 aliphatic rings. The summed E-state index contributed by atoms with van der Waals surface area (Å²) in [6.45, 7) is 3.93. The van der Waals surface area contributed by atoms with E-state index in [1.54, 1.807) is 31.5 Å². The maximum atomic E-state index is 12.4. The van der Waals surface area contributed by atoms with E-state index < -0.39 is 0 Å². The minimum atomic E-state index is -0.321. The summed E-state index contributed by atoms with van der Waals surface area (Å²) in [5, 5.41) is 2.76. The molecule has 3 rings (SSSR count). The molecule has 1 aromatic heterocycles. The minimum Gasteiger partial charge on any atom is -0.490 e. The number of para-hydroxylation sites is 1. The number of nitrogens with one attached hydrogen (secondary N) is 1. The van der Waals surface area contributed by atoms with Gasteiger partial charge < -0.3 is 28.8 Å². The molecule has 1 N–H and O–H groups in total. The van der Waals surface area contributed by atoms with Gasteiger partial charge in [0.15, 0.2) is 11.5 Å². The first-order valence-corrected chi connectivity index (χ1v) is 11.3. The van der Waals surface area contributed by atoms with Gasteiger partial charge in [0.05, 0.1) is 18.9 Å². The minimum absolute atomic E-state index is 0.159. The van der Waals surface area contributed by atoms with Crippen molar-refractivity contribution in [1.82, 2.24) is 4.57 Å². The molecule has 0 bridgehead atoms. The summed E-state index contributed by atoms with van der Waals surface area (Å²) < 4.78 is 23.7. The van der Waals surface area contributed by atoms with Gasteiger partial charge in [0.25, 0.3) is 5.56 Å². The summed E-state index contributed by atoms with van der Waals surface area (Å²) in [5.41, 5.74) is 1.14. The fraction of sp³-hybridized carbons (Fsp3) is 0.259. The maximum Gasteiger partial charge on any atom is 0.250 e. The highest BCUT2D eigenvalue weighted by atomic mass is 16.5. The molecule has 2 aromatic carbocycles. The molecule has 0 fully saturated rings. The van der Waals surface area contributed by atoms with E-state index in [1.165, 1.54) is 16.7 Å². The van der Waals surface area contributed by atoms with Gasteiger partial charge in [0.1, 0.15) is 19.0 Å². The summed E-state index contributed by atoms with van der Waals surface area (Å²) in [6.07, 6.45) is 4.69. The number of anilines is 1. The third kappa shape index (κ3) is 8.35. The molecule has 0 aliphatic heterocycles. The van der Waals surface area contributed by atoms with Gasteiger partial charge in [-0.05, 0) is 48.9 Å². The van der Waals surface area contributed by atoms with Gasteiger partial charge in [-0.25, -0.2) is 0 Å². The Labute approximate surface area is 204 Å². The van der Waals surface area contributed by atoms with E-state index in [0.29, 0.717) is 50.2 Å². The second-order valence-corrected chi connectivity index (χ2v) is 7.41. The lowest BCUT2D eigenvalue weighted by atomic mass is 10.2. The molecule has 3 aromatic rings. The summed E-state index contributed by atoms with van der Waals surface area (Å²) >= 11 is 0. The van der Waals surface area contributed by atoms with Crippen molar-refractivity contribution in [3.63, 3.8) is 0 Å². The molecule has 1 heterocycles. The van der Waals surface area contributed by atoms with Crippen LogP contribution in [0.2, 0.25) is 0 Å². The van der Waals surface area contributed by atoms with Crippen LogP contribution in [0.1, 0.15) is 12.5 Å². The van der Waals surface area contributed by atoms with Gasteiger partial charge in [-0.2, -0.15) is 0 Å². The zero-order valence-electron chi connectivity index (χ0n) is 19.9. The van der Waals surface area contributed by atoms with Gasteiger partial charge in [0, 0.05) is 32.0 Å². The van der Waals surface area contributed by atoms with Gasteiger partial charge >= 0.3 is 0 Å². The molecule has 8 nitrogen and oxygen atoms in total. The largest absolute Gasteiger partial charge is 0.490 e. The Morgan fingerprint density at radius 2 is 1.74 bits per heavy atom. The number of hydrogen-bond donors (Lipinski definition) is 1. The normalized spacial score (nSPS) is 10.8. The Morgan fingerprint density at radius 3 is 2.51 bits per heavy atom. The number of amides is 1. The van der Waals surface area contributed by atoms with Crippen LogP contribution in [0.15, 0.2) is 77.7 Å². The van der Waals surface area contributed by atoms with Crippen molar-refractivity contribution in [2.45, 2.75) is 13.5 Å². The van der Waals surface area contributed by atoms with Crippen molar-refractivity contribution in [3.05, 3.63) is 88.9 Å². The van der Waals surface area contributed by atoms with Gasteiger partial charge in [0.2, 0.25) is 5.91 Å². The highest BCUT2D eigenvalue weighted by Gasteiger charge is 2.07. The number of aromatic nitrogens is 1. The average Bonchev–Trinajstić information content (AvgIpc) is 2.87. The lowest BCUT2D eigenvalue weighted by Crippen LogP contribution is -2.22. The molecule has 0 saturated heterocycles. The monoisotopic (exact) mass is 478 g/mol. The van der Waals surface area contributed by atoms with E-state index >= 15 is 0 Å². The zero-order valence-corrected chi connectivity index (χ0v) is 19.9. The lowest BCUT2D eigenvalue weighted by Gasteiger charge is -2.13. The van der Waals surface area contributed by atoms with Crippen LogP contribution in [0.4, 0.5) is 5.69 Å². The van der Waals surface area contributed by atoms with E-state index in [9.17, 15) is 9.59 Å². The number of benzene rings is 2. The second-order valence-electron chi connectivity index (χ2n) is 7.41. The maximum absolute atomic E-state index is 12.4. The van der Waals surface area contributed by atoms with Crippen molar-refractivity contribution in [3.8, 4) is 17.2 Å². The Balaban J connectivity index is 1.58. The van der Waals surface area contributed by atoms with Gasteiger partial charge in [-0.3, -0.25) is 9.59 Å². The smallest absolute Gasteiger partial charge is 0.250 e. The highest BCUT2D eigenvalue weighted by Crippen LogP contribution is 2.29. The summed E-state index contributed by atoms with van der Waals surface area (Å²) in [7, 11) is 1.57. The zero-order chi connectivity index (χ0) is 24.9. The van der Waals surface area contributed by atoms with Crippen molar-refractivity contribution in [2.75, 3.05) is 38.9 Å². The molecule has 8 heteroatoms. The van der Waals surface area contributed by atoms with Crippen LogP contribution in [-0.2, 0) is 16.1 Å². The van der Waals surface area contributed by atoms with E-state index in [4.69, 9.17) is 18.9 Å². The summed E-state index contributed by atoms with van der Waals surface area (Å²) in [5.74, 6) is 1.65. The van der Waals surface area contributed by atoms with E-state index in [1.807, 2.05) is 49.4 Å². The molecule has 35 heavy (non-hydrogen) atoms. The van der Waals surface area contributed by atoms with Gasteiger partial charge in [-0.15, -0.1) is 0 Å². The van der Waals surface area contributed by atoms with Crippen LogP contribution < -0.4 is 25.1 Å². The molecule has 0 atom stereocenters. The Morgan fingerprint density at radius 1 is 0.943 bits per heavy atom. The number of methoxy groups -OCH3 is 1. The fourth-order valence-electron chi connectivity index (χ4n) is 3.17. The molecular formula is C27H30N2O6. The van der Waals surface area contributed by atoms with Crippen LogP contribution in [-0.4, -0.2) is 44.0 Å². The Hall–Kier alpha value is -4.04. The molecule has 0 spiro atoms. The van der Waals surface area contributed by atoms with Crippen molar-refractivity contribution < 1.29 is 23.7 Å². The van der Waals surface area contributed by atoms with E-state index in [0.717, 1.165) is 11.3 Å². The fourth-order valence-corrected chi connectivity index (χ4v) is 3.17. The second kappa shape index (κ2) is 13.6. The first-order chi connectivity index (χ1) is 17.1. The van der Waals surface area contributed by atoms with Crippen LogP contribution in [0.3, 0.4) is 0 Å². The molecule has 0 unspecified atom stereocenters. The number of carbonyl (C=O) groups is 1. The van der Waals surface area contributed by atoms with Crippen LogP contribution >= 0.6 is 0 Å². The topological polar surface area (TPSA) is 88.0 Å². The SMILES string of the molecule is CCOc1cc(/C=C/C(=O)Nc2ccc(=O)n(CCOC)c2)ccc1OCCOc1ccccc1. The summed E-state index contributed by atoms with van der Waals surface area (Å²) in [4.78, 5) is 24.3. The number of hydrogen-bond acceptors (Lipinski definition) is 6. The lowest BCUT2D eigenvalue weighted by molar-refractivity contribution is -0.111. The number of carbonyl (C=O) groups excluding carboxylic acids is 1. The predicted molar refractivity (Wildman–Crippen MR) is 135 cm³/mol. The molecule has 0 saturated carbocycles. The third-order valence-electron chi connectivity index (χ3n) is 4.83. The van der Waals surface area contributed by atoms with Crippen LogP contribution in [0.25, 0.3) is 6.08 Å². The Bertz CT molecular complexity index is 1170. The molecule has 0 radical (unpaired) electrons. The molecule has 184 valence electrons. The van der Waals surface area contributed by atoms with Crippen molar-refractivity contribution in [1.29, 1.82) is 0 Å². The number of pyridine rings is 1. The van der Waals surface area contributed by atoms with Crippen molar-refractivity contribution in [2.24, 2.45) is 0 Å². The van der Waals surface area contributed by atoms with E-state index in [2.05, 4.69) is 5.32 Å². The number of rotatable bonds is 13. The number of ether oxygens (including phenoxy) is 4. The molecular weight excluding hydrogens is 448 g/mol. The molecule has 1 amide bonds. The molecule has 0 aliphatic carbocycles. The number of nitrogens with zero attached hydrogens (tertiary/aromatic N) is 1. The van der Waals surface area contributed by atoms with Crippen LogP contribution in [0, 0.1) is 0 Å². The van der Waals surface area contributed by atoms with E-state index in [-0.39, 0.29) is 11.5 Å². The first kappa shape index (κ1) is 25.6. The predicted octanol–water partition coefficient (Wildman–Crippen LogP) is 4.00.